The summed E-state index contributed by atoms with van der Waals surface area (Å²) in [5.41, 5.74) is 9.42. The number of nitrogens with two attached hydrogens (primary N) is 1. The van der Waals surface area contributed by atoms with Crippen LogP contribution in [0.3, 0.4) is 0 Å². The Labute approximate surface area is 216 Å². The lowest BCUT2D eigenvalue weighted by molar-refractivity contribution is 0.100. The van der Waals surface area contributed by atoms with Crippen molar-refractivity contribution in [1.29, 1.82) is 0 Å². The highest BCUT2D eigenvalue weighted by Gasteiger charge is 2.28. The van der Waals surface area contributed by atoms with Crippen LogP contribution >= 0.6 is 0 Å². The maximum atomic E-state index is 12.2. The number of primary amides is 1. The van der Waals surface area contributed by atoms with Gasteiger partial charge in [0.05, 0.1) is 30.7 Å². The van der Waals surface area contributed by atoms with Gasteiger partial charge in [0.2, 0.25) is 5.95 Å². The molecule has 5 rings (SSSR count). The van der Waals surface area contributed by atoms with Crippen molar-refractivity contribution in [1.82, 2.24) is 24.6 Å². The van der Waals surface area contributed by atoms with Crippen molar-refractivity contribution in [3.8, 4) is 5.75 Å². The largest absolute Gasteiger partial charge is 0.495 e. The number of para-hydroxylation sites is 1. The Morgan fingerprint density at radius 3 is 2.81 bits per heavy atom. The summed E-state index contributed by atoms with van der Waals surface area (Å²) in [6, 6.07) is 6.14. The van der Waals surface area contributed by atoms with E-state index in [9.17, 15) is 4.79 Å². The fraction of sp³-hybridized carbons (Fsp3) is 0.333. The van der Waals surface area contributed by atoms with Crippen LogP contribution in [0.25, 0.3) is 0 Å². The minimum Gasteiger partial charge on any atom is -0.495 e. The Bertz CT molecular complexity index is 1330. The van der Waals surface area contributed by atoms with Crippen LogP contribution in [0.2, 0.25) is 0 Å². The van der Waals surface area contributed by atoms with Crippen LogP contribution in [0.15, 0.2) is 61.7 Å². The number of carbonyl (C=O) groups excluding carboxylic acids is 1. The topological polar surface area (TPSA) is 123 Å². The molecule has 1 aromatic carbocycles. The van der Waals surface area contributed by atoms with Crippen LogP contribution in [0.4, 0.5) is 23.1 Å². The minimum absolute atomic E-state index is 0.193. The Hall–Kier alpha value is -4.34. The summed E-state index contributed by atoms with van der Waals surface area (Å²) in [6.07, 6.45) is 11.2. The summed E-state index contributed by atoms with van der Waals surface area (Å²) in [6.45, 7) is 9.70. The number of piperidine rings is 1. The molecule has 2 aromatic heterocycles. The molecule has 0 spiro atoms. The molecule has 1 aliphatic carbocycles. The van der Waals surface area contributed by atoms with E-state index >= 15 is 0 Å². The lowest BCUT2D eigenvalue weighted by Gasteiger charge is -2.34. The van der Waals surface area contributed by atoms with Gasteiger partial charge in [-0.3, -0.25) is 9.48 Å². The maximum absolute atomic E-state index is 12.2. The molecule has 10 heteroatoms. The van der Waals surface area contributed by atoms with Crippen molar-refractivity contribution in [2.24, 2.45) is 5.73 Å². The molecule has 1 atom stereocenters. The Balaban J connectivity index is 1.38. The van der Waals surface area contributed by atoms with Gasteiger partial charge in [0.15, 0.2) is 0 Å². The number of benzene rings is 1. The third-order valence-corrected chi connectivity index (χ3v) is 6.86. The van der Waals surface area contributed by atoms with Gasteiger partial charge in [-0.2, -0.15) is 10.1 Å². The lowest BCUT2D eigenvalue weighted by Crippen LogP contribution is -2.35. The first-order valence-corrected chi connectivity index (χ1v) is 12.4. The summed E-state index contributed by atoms with van der Waals surface area (Å²) in [4.78, 5) is 23.3. The van der Waals surface area contributed by atoms with Gasteiger partial charge in [-0.1, -0.05) is 25.3 Å². The Morgan fingerprint density at radius 2 is 2.08 bits per heavy atom. The number of anilines is 4. The zero-order chi connectivity index (χ0) is 25.9. The maximum Gasteiger partial charge on any atom is 0.254 e. The van der Waals surface area contributed by atoms with Gasteiger partial charge in [0, 0.05) is 31.2 Å². The van der Waals surface area contributed by atoms with Gasteiger partial charge in [0.1, 0.15) is 17.1 Å². The lowest BCUT2D eigenvalue weighted by atomic mass is 10.1. The molecule has 192 valence electrons. The predicted molar refractivity (Wildman–Crippen MR) is 143 cm³/mol. The van der Waals surface area contributed by atoms with E-state index in [-0.39, 0.29) is 11.6 Å². The SMILES string of the molecule is C=CC(=C)N1CCCC(n2cc(Nc3ncc(C(N)=O)c(Nc4c(OC)cccc4C4CC4)n3)cn2)C1. The average molecular weight is 501 g/mol. The highest BCUT2D eigenvalue weighted by atomic mass is 16.5. The second kappa shape index (κ2) is 10.3. The van der Waals surface area contributed by atoms with Crippen molar-refractivity contribution in [2.75, 3.05) is 30.8 Å². The molecule has 1 aliphatic heterocycles. The molecular weight excluding hydrogens is 468 g/mol. The average Bonchev–Trinajstić information content (AvgIpc) is 3.66. The molecule has 4 N–H and O–H groups in total. The first-order valence-electron chi connectivity index (χ1n) is 12.4. The van der Waals surface area contributed by atoms with Crippen LogP contribution in [0, 0.1) is 0 Å². The number of rotatable bonds is 10. The van der Waals surface area contributed by atoms with Crippen LogP contribution in [0.1, 0.15) is 53.6 Å². The second-order valence-electron chi connectivity index (χ2n) is 9.42. The van der Waals surface area contributed by atoms with Crippen molar-refractivity contribution < 1.29 is 9.53 Å². The molecule has 1 unspecified atom stereocenters. The molecular formula is C27H32N8O2. The quantitative estimate of drug-likeness (QED) is 0.348. The molecule has 2 fully saturated rings. The second-order valence-corrected chi connectivity index (χ2v) is 9.42. The molecule has 3 aromatic rings. The number of amides is 1. The molecule has 1 saturated heterocycles. The molecule has 0 radical (unpaired) electrons. The smallest absolute Gasteiger partial charge is 0.254 e. The number of hydrogen-bond donors (Lipinski definition) is 3. The summed E-state index contributed by atoms with van der Waals surface area (Å²) >= 11 is 0. The van der Waals surface area contributed by atoms with Crippen molar-refractivity contribution >= 4 is 29.0 Å². The van der Waals surface area contributed by atoms with E-state index in [1.54, 1.807) is 19.4 Å². The van der Waals surface area contributed by atoms with Crippen molar-refractivity contribution in [3.63, 3.8) is 0 Å². The van der Waals surface area contributed by atoms with Crippen LogP contribution in [-0.4, -0.2) is 50.8 Å². The molecule has 37 heavy (non-hydrogen) atoms. The molecule has 0 bridgehead atoms. The monoisotopic (exact) mass is 500 g/mol. The number of ether oxygens (including phenoxy) is 1. The third kappa shape index (κ3) is 5.28. The summed E-state index contributed by atoms with van der Waals surface area (Å²) in [7, 11) is 1.62. The van der Waals surface area contributed by atoms with E-state index in [2.05, 4.69) is 49.8 Å². The summed E-state index contributed by atoms with van der Waals surface area (Å²) in [5, 5.41) is 11.1. The van der Waals surface area contributed by atoms with Crippen molar-refractivity contribution in [3.05, 3.63) is 72.8 Å². The van der Waals surface area contributed by atoms with Crippen LogP contribution < -0.4 is 21.1 Å². The van der Waals surface area contributed by atoms with Crippen LogP contribution in [0.5, 0.6) is 5.75 Å². The number of likely N-dealkylation sites (tertiary alicyclic amines) is 1. The van der Waals surface area contributed by atoms with Gasteiger partial charge in [0.25, 0.3) is 5.91 Å². The zero-order valence-corrected chi connectivity index (χ0v) is 21.0. The van der Waals surface area contributed by atoms with Gasteiger partial charge in [-0.05, 0) is 49.3 Å². The molecule has 10 nitrogen and oxygen atoms in total. The Morgan fingerprint density at radius 1 is 1.24 bits per heavy atom. The molecule has 1 amide bonds. The highest BCUT2D eigenvalue weighted by Crippen LogP contribution is 2.47. The predicted octanol–water partition coefficient (Wildman–Crippen LogP) is 4.48. The standard InChI is InChI=1S/C27H32N8O2/c1-4-17(2)34-12-6-7-20(16-34)35-15-19(13-30-35)31-27-29-14-22(25(28)36)26(33-27)32-24-21(18-10-11-18)8-5-9-23(24)37-3/h4-5,8-9,13-15,18,20H,1-2,6-7,10-12,16H2,3H3,(H2,28,36)(H2,29,31,32,33). The van der Waals surface area contributed by atoms with E-state index in [0.29, 0.717) is 23.4 Å². The van der Waals surface area contributed by atoms with E-state index in [1.807, 2.05) is 23.0 Å². The van der Waals surface area contributed by atoms with E-state index in [4.69, 9.17) is 10.5 Å². The van der Waals surface area contributed by atoms with E-state index < -0.39 is 5.91 Å². The molecule has 2 aliphatic rings. The van der Waals surface area contributed by atoms with Gasteiger partial charge < -0.3 is 26.0 Å². The van der Waals surface area contributed by atoms with Crippen molar-refractivity contribution in [2.45, 2.75) is 37.6 Å². The highest BCUT2D eigenvalue weighted by molar-refractivity contribution is 5.98. The number of nitrogens with zero attached hydrogens (tertiary/aromatic N) is 5. The van der Waals surface area contributed by atoms with Gasteiger partial charge in [-0.15, -0.1) is 0 Å². The molecule has 3 heterocycles. The zero-order valence-electron chi connectivity index (χ0n) is 21.0. The van der Waals surface area contributed by atoms with E-state index in [0.717, 1.165) is 61.4 Å². The first-order chi connectivity index (χ1) is 18.0. The number of nitrogens with one attached hydrogen (secondary N) is 2. The van der Waals surface area contributed by atoms with Crippen LogP contribution in [-0.2, 0) is 0 Å². The normalized spacial score (nSPS) is 17.2. The summed E-state index contributed by atoms with van der Waals surface area (Å²) < 4.78 is 7.55. The fourth-order valence-electron chi connectivity index (χ4n) is 4.71. The minimum atomic E-state index is -0.618. The number of hydrogen-bond acceptors (Lipinski definition) is 8. The fourth-order valence-corrected chi connectivity index (χ4v) is 4.71. The number of allylic oxidation sites excluding steroid dienone is 1. The number of methoxy groups -OCH3 is 1. The Kier molecular flexibility index (Phi) is 6.80. The van der Waals surface area contributed by atoms with Gasteiger partial charge >= 0.3 is 0 Å². The van der Waals surface area contributed by atoms with E-state index in [1.165, 1.54) is 6.20 Å². The first kappa shape index (κ1) is 24.4. The molecule has 1 saturated carbocycles. The summed E-state index contributed by atoms with van der Waals surface area (Å²) in [5.74, 6) is 1.15. The third-order valence-electron chi connectivity index (χ3n) is 6.86. The number of carbonyl (C=O) groups is 1. The van der Waals surface area contributed by atoms with Gasteiger partial charge in [-0.25, -0.2) is 4.98 Å². The number of aromatic nitrogens is 4.